The lowest BCUT2D eigenvalue weighted by atomic mass is 10.1. The normalized spacial score (nSPS) is 10.9. The highest BCUT2D eigenvalue weighted by molar-refractivity contribution is 9.10. The molecule has 2 amide bonds. The van der Waals surface area contributed by atoms with Gasteiger partial charge in [0, 0.05) is 28.7 Å². The van der Waals surface area contributed by atoms with Gasteiger partial charge in [0.2, 0.25) is 0 Å². The smallest absolute Gasteiger partial charge is 0.270 e. The van der Waals surface area contributed by atoms with Crippen molar-refractivity contribution in [3.05, 3.63) is 116 Å². The third kappa shape index (κ3) is 6.35. The Morgan fingerprint density at radius 2 is 1.71 bits per heavy atom. The van der Waals surface area contributed by atoms with E-state index in [0.29, 0.717) is 11.1 Å². The summed E-state index contributed by atoms with van der Waals surface area (Å²) in [4.78, 5) is 36.1. The number of hydrogen-bond donors (Lipinski definition) is 2. The molecule has 31 heavy (non-hydrogen) atoms. The van der Waals surface area contributed by atoms with Gasteiger partial charge >= 0.3 is 0 Å². The summed E-state index contributed by atoms with van der Waals surface area (Å²) in [5.74, 6) is -0.994. The number of non-ortho nitro benzene ring substituents is 1. The van der Waals surface area contributed by atoms with Gasteiger partial charge in [-0.15, -0.1) is 0 Å². The molecule has 0 spiro atoms. The minimum absolute atomic E-state index is 0.0265. The van der Waals surface area contributed by atoms with Crippen molar-refractivity contribution in [1.29, 1.82) is 0 Å². The van der Waals surface area contributed by atoms with Crippen LogP contribution in [0.1, 0.15) is 21.5 Å². The Balaban J connectivity index is 1.87. The maximum Gasteiger partial charge on any atom is 0.270 e. The van der Waals surface area contributed by atoms with Crippen LogP contribution in [-0.2, 0) is 11.3 Å². The Morgan fingerprint density at radius 3 is 2.42 bits per heavy atom. The minimum atomic E-state index is -0.521. The fourth-order valence-electron chi connectivity index (χ4n) is 2.75. The number of halogens is 1. The van der Waals surface area contributed by atoms with Crippen LogP contribution in [0.3, 0.4) is 0 Å². The molecule has 0 aliphatic carbocycles. The van der Waals surface area contributed by atoms with E-state index < -0.39 is 16.7 Å². The standard InChI is InChI=1S/C23H18BrN3O4/c24-19-10-5-9-18(14-19)22(28)26-21(13-17-8-4-11-20(12-17)27(30)31)23(29)25-15-16-6-2-1-3-7-16/h1-14H,15H2,(H,25,29)(H,26,28)/b21-13-. The maximum absolute atomic E-state index is 12.8. The molecular weight excluding hydrogens is 462 g/mol. The number of nitrogens with zero attached hydrogens (tertiary/aromatic N) is 1. The van der Waals surface area contributed by atoms with Gasteiger partial charge in [-0.1, -0.05) is 64.5 Å². The number of carbonyl (C=O) groups is 2. The highest BCUT2D eigenvalue weighted by Crippen LogP contribution is 2.16. The fourth-order valence-corrected chi connectivity index (χ4v) is 3.15. The Kier molecular flexibility index (Phi) is 7.29. The molecular formula is C23H18BrN3O4. The first-order valence-electron chi connectivity index (χ1n) is 9.27. The van der Waals surface area contributed by atoms with Gasteiger partial charge in [0.15, 0.2) is 0 Å². The molecule has 156 valence electrons. The molecule has 3 aromatic carbocycles. The molecule has 0 bridgehead atoms. The summed E-state index contributed by atoms with van der Waals surface area (Å²) in [6, 6.07) is 21.9. The average Bonchev–Trinajstić information content (AvgIpc) is 2.78. The Labute approximate surface area is 187 Å². The number of nitro groups is 1. The molecule has 0 radical (unpaired) electrons. The number of rotatable bonds is 7. The summed E-state index contributed by atoms with van der Waals surface area (Å²) in [5, 5.41) is 16.4. The van der Waals surface area contributed by atoms with Gasteiger partial charge < -0.3 is 10.6 Å². The monoisotopic (exact) mass is 479 g/mol. The van der Waals surface area contributed by atoms with Crippen molar-refractivity contribution >= 4 is 39.5 Å². The number of hydrogen-bond acceptors (Lipinski definition) is 4. The summed E-state index contributed by atoms with van der Waals surface area (Å²) in [7, 11) is 0. The number of benzene rings is 3. The molecule has 0 aromatic heterocycles. The first-order chi connectivity index (χ1) is 14.9. The van der Waals surface area contributed by atoms with E-state index in [4.69, 9.17) is 0 Å². The number of nitrogens with one attached hydrogen (secondary N) is 2. The fraction of sp³-hybridized carbons (Fsp3) is 0.0435. The molecule has 2 N–H and O–H groups in total. The predicted octanol–water partition coefficient (Wildman–Crippen LogP) is 4.44. The molecule has 8 heteroatoms. The lowest BCUT2D eigenvalue weighted by Gasteiger charge is -2.12. The van der Waals surface area contributed by atoms with Gasteiger partial charge in [-0.2, -0.15) is 0 Å². The third-order valence-corrected chi connectivity index (χ3v) is 4.76. The van der Waals surface area contributed by atoms with Crippen LogP contribution in [0.2, 0.25) is 0 Å². The van der Waals surface area contributed by atoms with Gasteiger partial charge in [-0.3, -0.25) is 19.7 Å². The van der Waals surface area contributed by atoms with Crippen molar-refractivity contribution in [2.75, 3.05) is 0 Å². The molecule has 0 aliphatic rings. The zero-order valence-corrected chi connectivity index (χ0v) is 17.8. The molecule has 3 rings (SSSR count). The summed E-state index contributed by atoms with van der Waals surface area (Å²) in [6.45, 7) is 0.263. The van der Waals surface area contributed by atoms with Gasteiger partial charge in [0.1, 0.15) is 5.70 Å². The Bertz CT molecular complexity index is 1150. The van der Waals surface area contributed by atoms with E-state index >= 15 is 0 Å². The predicted molar refractivity (Wildman–Crippen MR) is 121 cm³/mol. The minimum Gasteiger partial charge on any atom is -0.347 e. The second-order valence-electron chi connectivity index (χ2n) is 6.54. The summed E-state index contributed by atoms with van der Waals surface area (Å²) in [6.07, 6.45) is 1.41. The molecule has 0 saturated carbocycles. The van der Waals surface area contributed by atoms with Crippen LogP contribution in [0, 0.1) is 10.1 Å². The molecule has 7 nitrogen and oxygen atoms in total. The van der Waals surface area contributed by atoms with Crippen molar-refractivity contribution in [2.24, 2.45) is 0 Å². The van der Waals surface area contributed by atoms with Crippen LogP contribution >= 0.6 is 15.9 Å². The lowest BCUT2D eigenvalue weighted by Crippen LogP contribution is -2.34. The largest absolute Gasteiger partial charge is 0.347 e. The van der Waals surface area contributed by atoms with Crippen LogP contribution < -0.4 is 10.6 Å². The van der Waals surface area contributed by atoms with Crippen molar-refractivity contribution in [3.8, 4) is 0 Å². The molecule has 0 aliphatic heterocycles. The van der Waals surface area contributed by atoms with Gasteiger partial charge in [-0.25, -0.2) is 0 Å². The third-order valence-electron chi connectivity index (χ3n) is 4.27. The molecule has 3 aromatic rings. The molecule has 0 atom stereocenters. The molecule has 0 fully saturated rings. The topological polar surface area (TPSA) is 101 Å². The van der Waals surface area contributed by atoms with Crippen molar-refractivity contribution in [1.82, 2.24) is 10.6 Å². The second-order valence-corrected chi connectivity index (χ2v) is 7.46. The van der Waals surface area contributed by atoms with E-state index in [-0.39, 0.29) is 17.9 Å². The van der Waals surface area contributed by atoms with Crippen LogP contribution in [0.25, 0.3) is 6.08 Å². The second kappa shape index (κ2) is 10.3. The lowest BCUT2D eigenvalue weighted by molar-refractivity contribution is -0.384. The highest BCUT2D eigenvalue weighted by Gasteiger charge is 2.16. The van der Waals surface area contributed by atoms with Crippen molar-refractivity contribution < 1.29 is 14.5 Å². The van der Waals surface area contributed by atoms with Crippen molar-refractivity contribution in [3.63, 3.8) is 0 Å². The highest BCUT2D eigenvalue weighted by atomic mass is 79.9. The van der Waals surface area contributed by atoms with E-state index in [0.717, 1.165) is 10.0 Å². The Hall–Kier alpha value is -3.78. The van der Waals surface area contributed by atoms with E-state index in [2.05, 4.69) is 26.6 Å². The van der Waals surface area contributed by atoms with Gasteiger partial charge in [0.05, 0.1) is 4.92 Å². The van der Waals surface area contributed by atoms with Crippen LogP contribution in [-0.4, -0.2) is 16.7 Å². The molecule has 0 saturated heterocycles. The van der Waals surface area contributed by atoms with Gasteiger partial charge in [-0.05, 0) is 35.4 Å². The summed E-state index contributed by atoms with van der Waals surface area (Å²) in [5.41, 5.74) is 1.52. The molecule has 0 unspecified atom stereocenters. The van der Waals surface area contributed by atoms with Crippen LogP contribution in [0.4, 0.5) is 5.69 Å². The average molecular weight is 480 g/mol. The quantitative estimate of drug-likeness (QED) is 0.297. The summed E-state index contributed by atoms with van der Waals surface area (Å²) < 4.78 is 0.720. The summed E-state index contributed by atoms with van der Waals surface area (Å²) >= 11 is 3.31. The molecule has 0 heterocycles. The Morgan fingerprint density at radius 1 is 0.968 bits per heavy atom. The van der Waals surface area contributed by atoms with E-state index in [1.165, 1.54) is 24.3 Å². The maximum atomic E-state index is 12.8. The number of nitro benzene ring substituents is 1. The van der Waals surface area contributed by atoms with E-state index in [9.17, 15) is 19.7 Å². The number of amides is 2. The van der Waals surface area contributed by atoms with Crippen molar-refractivity contribution in [2.45, 2.75) is 6.54 Å². The first kappa shape index (κ1) is 21.9. The SMILES string of the molecule is O=C(NCc1ccccc1)/C(=C/c1cccc([N+](=O)[O-])c1)NC(=O)c1cccc(Br)c1. The van der Waals surface area contributed by atoms with E-state index in [1.54, 1.807) is 30.3 Å². The first-order valence-corrected chi connectivity index (χ1v) is 10.1. The zero-order valence-electron chi connectivity index (χ0n) is 16.2. The number of carbonyl (C=O) groups excluding carboxylic acids is 2. The van der Waals surface area contributed by atoms with Gasteiger partial charge in [0.25, 0.3) is 17.5 Å². The van der Waals surface area contributed by atoms with Crippen LogP contribution in [0.15, 0.2) is 89.0 Å². The van der Waals surface area contributed by atoms with E-state index in [1.807, 2.05) is 30.3 Å². The van der Waals surface area contributed by atoms with Crippen LogP contribution in [0.5, 0.6) is 0 Å². The zero-order chi connectivity index (χ0) is 22.2.